The number of allylic oxidation sites excluding steroid dienone is 4. The van der Waals surface area contributed by atoms with Crippen LogP contribution in [0.5, 0.6) is 0 Å². The molecule has 2 bridgehead atoms. The van der Waals surface area contributed by atoms with Crippen LogP contribution in [0.2, 0.25) is 0 Å². The standard InChI is InChI=1S/C24H24O4S2/c25-29(26,19-7-3-1-4-8-19)23-15-21-17-11-13-18(14-12-17)22(21)16-24(23)30(27,28)20-9-5-2-6-10-20/h1-11,13,17-18,23-24H,12,14-16H2/t17-,18+,23?,24?. The summed E-state index contributed by atoms with van der Waals surface area (Å²) in [5.74, 6) is 0.498. The van der Waals surface area contributed by atoms with E-state index < -0.39 is 30.2 Å². The minimum Gasteiger partial charge on any atom is -0.223 e. The van der Waals surface area contributed by atoms with E-state index >= 15 is 0 Å². The van der Waals surface area contributed by atoms with Crippen LogP contribution in [0.1, 0.15) is 25.7 Å². The Morgan fingerprint density at radius 1 is 0.567 bits per heavy atom. The lowest BCUT2D eigenvalue weighted by molar-refractivity contribution is 0.421. The molecule has 6 heteroatoms. The first kappa shape index (κ1) is 19.8. The van der Waals surface area contributed by atoms with E-state index in [0.29, 0.717) is 12.8 Å². The van der Waals surface area contributed by atoms with Gasteiger partial charge in [0, 0.05) is 0 Å². The van der Waals surface area contributed by atoms with Crippen molar-refractivity contribution < 1.29 is 16.8 Å². The lowest BCUT2D eigenvalue weighted by Gasteiger charge is -2.43. The van der Waals surface area contributed by atoms with Crippen molar-refractivity contribution in [3.8, 4) is 0 Å². The number of fused-ring (bicyclic) bond motifs is 1. The largest absolute Gasteiger partial charge is 0.223 e. The zero-order valence-electron chi connectivity index (χ0n) is 16.5. The molecule has 4 aliphatic carbocycles. The number of rotatable bonds is 4. The van der Waals surface area contributed by atoms with Gasteiger partial charge >= 0.3 is 0 Å². The van der Waals surface area contributed by atoms with E-state index in [9.17, 15) is 16.8 Å². The van der Waals surface area contributed by atoms with Crippen LogP contribution < -0.4 is 0 Å². The zero-order valence-corrected chi connectivity index (χ0v) is 18.1. The van der Waals surface area contributed by atoms with Gasteiger partial charge in [0.1, 0.15) is 0 Å². The molecule has 0 saturated heterocycles. The Labute approximate surface area is 178 Å². The maximum atomic E-state index is 13.7. The average Bonchev–Trinajstić information content (AvgIpc) is 2.80. The normalized spacial score (nSPS) is 28.4. The number of benzene rings is 2. The van der Waals surface area contributed by atoms with Crippen molar-refractivity contribution in [2.75, 3.05) is 0 Å². The predicted octanol–water partition coefficient (Wildman–Crippen LogP) is 4.36. The third-order valence-electron chi connectivity index (χ3n) is 6.87. The summed E-state index contributed by atoms with van der Waals surface area (Å²) in [5, 5.41) is -1.95. The third kappa shape index (κ3) is 3.08. The number of hydrogen-bond donors (Lipinski definition) is 0. The Kier molecular flexibility index (Phi) is 4.75. The van der Waals surface area contributed by atoms with E-state index in [2.05, 4.69) is 12.2 Å². The Hall–Kier alpha value is -2.18. The first-order chi connectivity index (χ1) is 14.4. The summed E-state index contributed by atoms with van der Waals surface area (Å²) in [4.78, 5) is 0.396. The van der Waals surface area contributed by atoms with Crippen LogP contribution in [-0.2, 0) is 19.7 Å². The van der Waals surface area contributed by atoms with Crippen LogP contribution >= 0.6 is 0 Å². The molecule has 0 aliphatic heterocycles. The smallest absolute Gasteiger partial charge is 0.182 e. The van der Waals surface area contributed by atoms with Crippen molar-refractivity contribution >= 4 is 19.7 Å². The minimum absolute atomic E-state index is 0.198. The second-order valence-electron chi connectivity index (χ2n) is 8.43. The summed E-state index contributed by atoms with van der Waals surface area (Å²) >= 11 is 0. The molecule has 4 nitrogen and oxygen atoms in total. The van der Waals surface area contributed by atoms with Crippen molar-refractivity contribution in [1.29, 1.82) is 0 Å². The monoisotopic (exact) mass is 440 g/mol. The first-order valence-corrected chi connectivity index (χ1v) is 13.5. The van der Waals surface area contributed by atoms with Crippen molar-refractivity contribution in [3.63, 3.8) is 0 Å². The van der Waals surface area contributed by atoms with Gasteiger partial charge in [-0.05, 0) is 61.8 Å². The molecular formula is C24H24O4S2. The summed E-state index contributed by atoms with van der Waals surface area (Å²) < 4.78 is 54.6. The summed E-state index contributed by atoms with van der Waals surface area (Å²) in [5.41, 5.74) is 2.33. The average molecular weight is 441 g/mol. The van der Waals surface area contributed by atoms with Crippen LogP contribution in [-0.4, -0.2) is 27.3 Å². The molecule has 4 atom stereocenters. The van der Waals surface area contributed by atoms with E-state index in [4.69, 9.17) is 0 Å². The SMILES string of the molecule is O=S(=O)(c1ccccc1)C1CC2=C(CC1S(=O)(=O)c1ccccc1)[C@H]1C=C[C@@H]2CC1. The highest BCUT2D eigenvalue weighted by atomic mass is 32.2. The van der Waals surface area contributed by atoms with E-state index in [1.807, 2.05) is 0 Å². The molecule has 0 N–H and O–H groups in total. The molecule has 0 amide bonds. The second-order valence-corrected chi connectivity index (χ2v) is 12.8. The van der Waals surface area contributed by atoms with Gasteiger partial charge in [-0.3, -0.25) is 0 Å². The van der Waals surface area contributed by atoms with E-state index in [-0.39, 0.29) is 21.6 Å². The van der Waals surface area contributed by atoms with Gasteiger partial charge in [-0.2, -0.15) is 0 Å². The van der Waals surface area contributed by atoms with Gasteiger partial charge in [0.15, 0.2) is 19.7 Å². The van der Waals surface area contributed by atoms with Crippen LogP contribution in [0.4, 0.5) is 0 Å². The molecular weight excluding hydrogens is 416 g/mol. The molecule has 0 spiro atoms. The maximum absolute atomic E-state index is 13.7. The maximum Gasteiger partial charge on any atom is 0.182 e. The highest BCUT2D eigenvalue weighted by molar-refractivity contribution is 7.96. The number of sulfone groups is 2. The molecule has 2 aromatic rings. The molecule has 0 aromatic heterocycles. The predicted molar refractivity (Wildman–Crippen MR) is 116 cm³/mol. The van der Waals surface area contributed by atoms with Gasteiger partial charge in [0.05, 0.1) is 20.3 Å². The number of hydrogen-bond acceptors (Lipinski definition) is 4. The first-order valence-electron chi connectivity index (χ1n) is 10.4. The fourth-order valence-corrected chi connectivity index (χ4v) is 9.77. The van der Waals surface area contributed by atoms with Crippen molar-refractivity contribution in [3.05, 3.63) is 84.0 Å². The van der Waals surface area contributed by atoms with E-state index in [0.717, 1.165) is 24.0 Å². The second kappa shape index (κ2) is 7.20. The van der Waals surface area contributed by atoms with Gasteiger partial charge in [0.25, 0.3) is 0 Å². The Balaban J connectivity index is 1.65. The van der Waals surface area contributed by atoms with Gasteiger partial charge in [-0.1, -0.05) is 59.7 Å². The Bertz CT molecular complexity index is 1130. The fraction of sp³-hybridized carbons (Fsp3) is 0.333. The van der Waals surface area contributed by atoms with Gasteiger partial charge in [-0.15, -0.1) is 0 Å². The van der Waals surface area contributed by atoms with Gasteiger partial charge < -0.3 is 0 Å². The fourth-order valence-electron chi connectivity index (χ4n) is 5.33. The molecule has 4 aliphatic rings. The van der Waals surface area contributed by atoms with Crippen LogP contribution in [0, 0.1) is 11.8 Å². The van der Waals surface area contributed by atoms with E-state index in [1.165, 1.54) is 0 Å². The van der Waals surface area contributed by atoms with Crippen molar-refractivity contribution in [2.45, 2.75) is 46.0 Å². The lowest BCUT2D eigenvalue weighted by atomic mass is 9.67. The van der Waals surface area contributed by atoms with E-state index in [1.54, 1.807) is 60.7 Å². The third-order valence-corrected chi connectivity index (χ3v) is 11.5. The molecule has 2 aromatic carbocycles. The molecule has 6 rings (SSSR count). The minimum atomic E-state index is -3.81. The van der Waals surface area contributed by atoms with Gasteiger partial charge in [-0.25, -0.2) is 16.8 Å². The highest BCUT2D eigenvalue weighted by Gasteiger charge is 2.49. The molecule has 30 heavy (non-hydrogen) atoms. The van der Waals surface area contributed by atoms with Crippen LogP contribution in [0.25, 0.3) is 0 Å². The van der Waals surface area contributed by atoms with Crippen molar-refractivity contribution in [1.82, 2.24) is 0 Å². The topological polar surface area (TPSA) is 68.3 Å². The lowest BCUT2D eigenvalue weighted by Crippen LogP contribution is -2.45. The van der Waals surface area contributed by atoms with Crippen LogP contribution in [0.3, 0.4) is 0 Å². The molecule has 0 saturated carbocycles. The summed E-state index contributed by atoms with van der Waals surface area (Å²) in [7, 11) is -7.61. The molecule has 156 valence electrons. The molecule has 0 radical (unpaired) electrons. The van der Waals surface area contributed by atoms with Crippen LogP contribution in [0.15, 0.2) is 93.8 Å². The summed E-state index contributed by atoms with van der Waals surface area (Å²) in [6, 6.07) is 16.6. The van der Waals surface area contributed by atoms with Crippen molar-refractivity contribution in [2.24, 2.45) is 11.8 Å². The molecule has 0 fully saturated rings. The highest BCUT2D eigenvalue weighted by Crippen LogP contribution is 2.50. The Morgan fingerprint density at radius 3 is 1.27 bits per heavy atom. The van der Waals surface area contributed by atoms with Gasteiger partial charge in [0.2, 0.25) is 0 Å². The zero-order chi connectivity index (χ0) is 20.9. The summed E-state index contributed by atoms with van der Waals surface area (Å²) in [6.45, 7) is 0. The molecule has 2 unspecified atom stereocenters. The summed E-state index contributed by atoms with van der Waals surface area (Å²) in [6.07, 6.45) is 7.02. The quantitative estimate of drug-likeness (QED) is 0.663. The molecule has 0 heterocycles. The Morgan fingerprint density at radius 2 is 0.933 bits per heavy atom.